The fraction of sp³-hybridized carbons (Fsp3) is 0.600. The first-order valence-corrected chi connectivity index (χ1v) is 9.42. The van der Waals surface area contributed by atoms with Crippen molar-refractivity contribution < 1.29 is 14.3 Å². The van der Waals surface area contributed by atoms with Crippen LogP contribution in [-0.2, 0) is 14.3 Å². The van der Waals surface area contributed by atoms with Gasteiger partial charge in [0.15, 0.2) is 0 Å². The van der Waals surface area contributed by atoms with Crippen LogP contribution < -0.4 is 0 Å². The normalized spacial score (nSPS) is 21.7. The van der Waals surface area contributed by atoms with E-state index >= 15 is 0 Å². The van der Waals surface area contributed by atoms with Crippen LogP contribution in [0.1, 0.15) is 43.6 Å². The van der Waals surface area contributed by atoms with Crippen LogP contribution in [0.15, 0.2) is 30.3 Å². The molecule has 0 aliphatic carbocycles. The first-order valence-electron chi connectivity index (χ1n) is 9.42. The third-order valence-electron chi connectivity index (χ3n) is 5.27. The largest absolute Gasteiger partial charge is 0.378 e. The summed E-state index contributed by atoms with van der Waals surface area (Å²) in [6, 6.07) is 10.6. The molecule has 0 radical (unpaired) electrons. The zero-order valence-corrected chi connectivity index (χ0v) is 14.9. The van der Waals surface area contributed by atoms with E-state index in [0.29, 0.717) is 45.1 Å². The Balaban J connectivity index is 1.45. The summed E-state index contributed by atoms with van der Waals surface area (Å²) < 4.78 is 5.26. The lowest BCUT2D eigenvalue weighted by Crippen LogP contribution is -2.41. The van der Waals surface area contributed by atoms with Gasteiger partial charge in [0.2, 0.25) is 11.8 Å². The molecular weight excluding hydrogens is 316 g/mol. The zero-order valence-electron chi connectivity index (χ0n) is 14.9. The smallest absolute Gasteiger partial charge is 0.223 e. The van der Waals surface area contributed by atoms with Crippen LogP contribution in [-0.4, -0.2) is 61.0 Å². The number of nitrogens with zero attached hydrogens (tertiary/aromatic N) is 2. The zero-order chi connectivity index (χ0) is 17.5. The number of carbonyl (C=O) groups excluding carboxylic acids is 2. The number of hydrogen-bond acceptors (Lipinski definition) is 3. The molecule has 25 heavy (non-hydrogen) atoms. The third kappa shape index (κ3) is 5.05. The highest BCUT2D eigenvalue weighted by molar-refractivity contribution is 5.83. The second kappa shape index (κ2) is 8.99. The fourth-order valence-electron chi connectivity index (χ4n) is 3.75. The number of benzene rings is 1. The number of rotatable bonds is 4. The quantitative estimate of drug-likeness (QED) is 0.843. The van der Waals surface area contributed by atoms with Crippen molar-refractivity contribution in [2.24, 2.45) is 0 Å². The van der Waals surface area contributed by atoms with Crippen molar-refractivity contribution in [2.75, 3.05) is 39.4 Å². The maximum absolute atomic E-state index is 12.5. The van der Waals surface area contributed by atoms with Gasteiger partial charge in [-0.25, -0.2) is 0 Å². The summed E-state index contributed by atoms with van der Waals surface area (Å²) in [6.07, 6.45) is 3.81. The molecule has 2 saturated heterocycles. The van der Waals surface area contributed by atoms with Gasteiger partial charge in [-0.3, -0.25) is 9.59 Å². The van der Waals surface area contributed by atoms with Gasteiger partial charge in [-0.05, 0) is 30.7 Å². The van der Waals surface area contributed by atoms with Crippen molar-refractivity contribution in [1.82, 2.24) is 9.80 Å². The SMILES string of the molecule is O=C(CCC(=O)N1CCCC(c2ccccc2)CC1)N1CCOCC1. The molecule has 1 aromatic carbocycles. The molecule has 0 saturated carbocycles. The van der Waals surface area contributed by atoms with Crippen LogP contribution in [0.4, 0.5) is 0 Å². The van der Waals surface area contributed by atoms with Crippen molar-refractivity contribution in [3.05, 3.63) is 35.9 Å². The van der Waals surface area contributed by atoms with Crippen molar-refractivity contribution in [3.63, 3.8) is 0 Å². The molecule has 2 amide bonds. The summed E-state index contributed by atoms with van der Waals surface area (Å²) in [5.41, 5.74) is 1.37. The highest BCUT2D eigenvalue weighted by atomic mass is 16.5. The topological polar surface area (TPSA) is 49.9 Å². The Morgan fingerprint density at radius 3 is 2.20 bits per heavy atom. The number of ether oxygens (including phenoxy) is 1. The van der Waals surface area contributed by atoms with E-state index in [2.05, 4.69) is 24.3 Å². The standard InChI is InChI=1S/C20H28N2O3/c23-19(8-9-20(24)22-13-15-25-16-14-22)21-11-4-7-18(10-12-21)17-5-2-1-3-6-17/h1-3,5-6,18H,4,7-16H2. The molecule has 5 heteroatoms. The van der Waals surface area contributed by atoms with Crippen molar-refractivity contribution in [2.45, 2.75) is 38.0 Å². The van der Waals surface area contributed by atoms with E-state index in [9.17, 15) is 9.59 Å². The highest BCUT2D eigenvalue weighted by Crippen LogP contribution is 2.28. The molecular formula is C20H28N2O3. The average molecular weight is 344 g/mol. The van der Waals surface area contributed by atoms with Gasteiger partial charge in [-0.2, -0.15) is 0 Å². The number of carbonyl (C=O) groups is 2. The molecule has 3 rings (SSSR count). The van der Waals surface area contributed by atoms with Gasteiger partial charge in [-0.1, -0.05) is 30.3 Å². The molecule has 0 aromatic heterocycles. The van der Waals surface area contributed by atoms with Gasteiger partial charge in [0, 0.05) is 39.0 Å². The van der Waals surface area contributed by atoms with Crippen LogP contribution in [0, 0.1) is 0 Å². The van der Waals surface area contributed by atoms with Gasteiger partial charge >= 0.3 is 0 Å². The van der Waals surface area contributed by atoms with Crippen molar-refractivity contribution >= 4 is 11.8 Å². The Morgan fingerprint density at radius 1 is 0.880 bits per heavy atom. The first kappa shape index (κ1) is 17.9. The van der Waals surface area contributed by atoms with Crippen LogP contribution in [0.5, 0.6) is 0 Å². The molecule has 5 nitrogen and oxygen atoms in total. The molecule has 2 heterocycles. The lowest BCUT2D eigenvalue weighted by atomic mass is 9.92. The molecule has 1 atom stereocenters. The Labute approximate surface area is 149 Å². The summed E-state index contributed by atoms with van der Waals surface area (Å²) in [6.45, 7) is 4.11. The number of morpholine rings is 1. The first-order chi connectivity index (χ1) is 12.2. The molecule has 0 bridgehead atoms. The minimum Gasteiger partial charge on any atom is -0.378 e. The van der Waals surface area contributed by atoms with Gasteiger partial charge in [0.1, 0.15) is 0 Å². The summed E-state index contributed by atoms with van der Waals surface area (Å²) in [4.78, 5) is 28.5. The van der Waals surface area contributed by atoms with E-state index in [-0.39, 0.29) is 11.8 Å². The minimum atomic E-state index is 0.0774. The Bertz CT molecular complexity index is 570. The molecule has 2 fully saturated rings. The molecule has 0 N–H and O–H groups in total. The third-order valence-corrected chi connectivity index (χ3v) is 5.27. The van der Waals surface area contributed by atoms with Crippen LogP contribution in [0.25, 0.3) is 0 Å². The maximum Gasteiger partial charge on any atom is 0.223 e. The van der Waals surface area contributed by atoms with E-state index in [1.807, 2.05) is 15.9 Å². The summed E-state index contributed by atoms with van der Waals surface area (Å²) in [5.74, 6) is 0.734. The lowest BCUT2D eigenvalue weighted by molar-refractivity contribution is -0.139. The summed E-state index contributed by atoms with van der Waals surface area (Å²) in [7, 11) is 0. The van der Waals surface area contributed by atoms with Gasteiger partial charge in [0.05, 0.1) is 13.2 Å². The fourth-order valence-corrected chi connectivity index (χ4v) is 3.75. The van der Waals surface area contributed by atoms with E-state index < -0.39 is 0 Å². The van der Waals surface area contributed by atoms with Gasteiger partial charge in [0.25, 0.3) is 0 Å². The Hall–Kier alpha value is -1.88. The highest BCUT2D eigenvalue weighted by Gasteiger charge is 2.23. The number of likely N-dealkylation sites (tertiary alicyclic amines) is 1. The molecule has 136 valence electrons. The summed E-state index contributed by atoms with van der Waals surface area (Å²) >= 11 is 0. The molecule has 2 aliphatic heterocycles. The van der Waals surface area contributed by atoms with Crippen LogP contribution >= 0.6 is 0 Å². The Kier molecular flexibility index (Phi) is 6.45. The van der Waals surface area contributed by atoms with Crippen LogP contribution in [0.3, 0.4) is 0 Å². The van der Waals surface area contributed by atoms with Gasteiger partial charge in [-0.15, -0.1) is 0 Å². The number of amides is 2. The molecule has 1 aromatic rings. The van der Waals surface area contributed by atoms with Crippen molar-refractivity contribution in [3.8, 4) is 0 Å². The van der Waals surface area contributed by atoms with E-state index in [0.717, 1.165) is 32.4 Å². The van der Waals surface area contributed by atoms with Gasteiger partial charge < -0.3 is 14.5 Å². The maximum atomic E-state index is 12.5. The lowest BCUT2D eigenvalue weighted by Gasteiger charge is -2.27. The molecule has 1 unspecified atom stereocenters. The van der Waals surface area contributed by atoms with E-state index in [1.165, 1.54) is 5.56 Å². The monoisotopic (exact) mass is 344 g/mol. The van der Waals surface area contributed by atoms with Crippen LogP contribution in [0.2, 0.25) is 0 Å². The predicted octanol–water partition coefficient (Wildman–Crippen LogP) is 2.42. The molecule has 2 aliphatic rings. The average Bonchev–Trinajstić information content (AvgIpc) is 2.93. The second-order valence-corrected chi connectivity index (χ2v) is 6.91. The van der Waals surface area contributed by atoms with E-state index in [4.69, 9.17) is 4.74 Å². The Morgan fingerprint density at radius 2 is 1.52 bits per heavy atom. The van der Waals surface area contributed by atoms with E-state index in [1.54, 1.807) is 0 Å². The second-order valence-electron chi connectivity index (χ2n) is 6.91. The number of hydrogen-bond donors (Lipinski definition) is 0. The summed E-state index contributed by atoms with van der Waals surface area (Å²) in [5, 5.41) is 0. The molecule has 0 spiro atoms. The van der Waals surface area contributed by atoms with Crippen molar-refractivity contribution in [1.29, 1.82) is 0 Å². The predicted molar refractivity (Wildman–Crippen MR) is 96.2 cm³/mol. The minimum absolute atomic E-state index is 0.0774.